The van der Waals surface area contributed by atoms with Gasteiger partial charge in [-0.05, 0) is 0 Å². The molecular weight excluding hydrogens is 266 g/mol. The van der Waals surface area contributed by atoms with Gasteiger partial charge in [0.05, 0.1) is 0 Å². The SMILES string of the molecule is C[Se]c1cc2ccccc2[se]1. The molecule has 0 aliphatic carbocycles. The summed E-state index contributed by atoms with van der Waals surface area (Å²) in [6.45, 7) is 0. The Bertz CT molecular complexity index is 329. The van der Waals surface area contributed by atoms with Crippen LogP contribution in [0, 0.1) is 0 Å². The number of fused-ring (bicyclic) bond motifs is 1. The number of benzene rings is 1. The Labute approximate surface area is 78.5 Å². The fourth-order valence-corrected chi connectivity index (χ4v) is 5.30. The number of hydrogen-bond donors (Lipinski definition) is 0. The molecule has 2 heteroatoms. The molecule has 1 aromatic carbocycles. The zero-order chi connectivity index (χ0) is 7.68. The Balaban J connectivity index is 2.69. The van der Waals surface area contributed by atoms with Crippen molar-refractivity contribution in [2.24, 2.45) is 0 Å². The van der Waals surface area contributed by atoms with Crippen molar-refractivity contribution in [1.82, 2.24) is 0 Å². The molecule has 0 aliphatic heterocycles. The van der Waals surface area contributed by atoms with Crippen LogP contribution in [-0.4, -0.2) is 29.5 Å². The van der Waals surface area contributed by atoms with E-state index in [1.54, 1.807) is 7.60 Å². The molecule has 0 saturated heterocycles. The average molecular weight is 274 g/mol. The van der Waals surface area contributed by atoms with E-state index in [1.165, 1.54) is 5.39 Å². The van der Waals surface area contributed by atoms with Crippen molar-refractivity contribution < 1.29 is 0 Å². The van der Waals surface area contributed by atoms with Gasteiger partial charge in [0.25, 0.3) is 0 Å². The first-order valence-electron chi connectivity index (χ1n) is 3.43. The zero-order valence-corrected chi connectivity index (χ0v) is 9.63. The predicted octanol–water partition coefficient (Wildman–Crippen LogP) is 1.27. The van der Waals surface area contributed by atoms with E-state index >= 15 is 0 Å². The van der Waals surface area contributed by atoms with Crippen LogP contribution >= 0.6 is 0 Å². The maximum atomic E-state index is 2.37. The molecule has 0 amide bonds. The third kappa shape index (κ3) is 1.45. The van der Waals surface area contributed by atoms with Gasteiger partial charge in [-0.15, -0.1) is 0 Å². The van der Waals surface area contributed by atoms with Gasteiger partial charge in [-0.1, -0.05) is 0 Å². The normalized spacial score (nSPS) is 10.6. The molecule has 1 aromatic heterocycles. The van der Waals surface area contributed by atoms with Crippen LogP contribution in [0.2, 0.25) is 5.82 Å². The summed E-state index contributed by atoms with van der Waals surface area (Å²) in [7, 11) is 0. The first-order valence-corrected chi connectivity index (χ1v) is 7.71. The van der Waals surface area contributed by atoms with E-state index in [-0.39, 0.29) is 0 Å². The van der Waals surface area contributed by atoms with Gasteiger partial charge in [0, 0.05) is 0 Å². The number of hydrogen-bond acceptors (Lipinski definition) is 0. The van der Waals surface area contributed by atoms with E-state index in [0.717, 1.165) is 15.0 Å². The molecule has 0 aliphatic rings. The Morgan fingerprint density at radius 1 is 1.27 bits per heavy atom. The molecule has 2 rings (SSSR count). The first kappa shape index (κ1) is 7.64. The minimum atomic E-state index is 0.658. The minimum absolute atomic E-state index is 0.658. The van der Waals surface area contributed by atoms with Gasteiger partial charge in [-0.3, -0.25) is 0 Å². The van der Waals surface area contributed by atoms with E-state index in [9.17, 15) is 0 Å². The van der Waals surface area contributed by atoms with E-state index in [0.29, 0.717) is 14.5 Å². The second-order valence-electron chi connectivity index (χ2n) is 2.31. The fourth-order valence-electron chi connectivity index (χ4n) is 1.06. The van der Waals surface area contributed by atoms with Crippen molar-refractivity contribution in [2.75, 3.05) is 0 Å². The second kappa shape index (κ2) is 3.16. The average Bonchev–Trinajstić information content (AvgIpc) is 2.46. The number of rotatable bonds is 1. The molecule has 0 bridgehead atoms. The van der Waals surface area contributed by atoms with Crippen molar-refractivity contribution in [1.29, 1.82) is 0 Å². The van der Waals surface area contributed by atoms with E-state index in [2.05, 4.69) is 36.2 Å². The Morgan fingerprint density at radius 3 is 2.82 bits per heavy atom. The van der Waals surface area contributed by atoms with Crippen LogP contribution in [0.1, 0.15) is 0 Å². The molecule has 0 spiro atoms. The zero-order valence-electron chi connectivity index (χ0n) is 6.20. The van der Waals surface area contributed by atoms with Gasteiger partial charge in [0.1, 0.15) is 0 Å². The molecule has 56 valence electrons. The monoisotopic (exact) mass is 276 g/mol. The molecule has 0 saturated carbocycles. The van der Waals surface area contributed by atoms with Crippen molar-refractivity contribution in [2.45, 2.75) is 5.82 Å². The van der Waals surface area contributed by atoms with Gasteiger partial charge >= 0.3 is 78.6 Å². The molecule has 0 atom stereocenters. The summed E-state index contributed by atoms with van der Waals surface area (Å²) in [6, 6.07) is 11.1. The topological polar surface area (TPSA) is 0 Å². The second-order valence-corrected chi connectivity index (χ2v) is 7.67. The predicted molar refractivity (Wildman–Crippen MR) is 52.1 cm³/mol. The molecule has 11 heavy (non-hydrogen) atoms. The van der Waals surface area contributed by atoms with Crippen LogP contribution in [0.3, 0.4) is 0 Å². The molecule has 1 heterocycles. The summed E-state index contributed by atoms with van der Waals surface area (Å²) < 4.78 is 3.25. The van der Waals surface area contributed by atoms with E-state index in [4.69, 9.17) is 0 Å². The molecule has 0 nitrogen and oxygen atoms in total. The van der Waals surface area contributed by atoms with Crippen molar-refractivity contribution >= 4 is 42.4 Å². The van der Waals surface area contributed by atoms with Crippen LogP contribution in [-0.2, 0) is 0 Å². The van der Waals surface area contributed by atoms with Crippen LogP contribution in [0.25, 0.3) is 9.65 Å². The quantitative estimate of drug-likeness (QED) is 0.687. The van der Waals surface area contributed by atoms with Crippen LogP contribution in [0.5, 0.6) is 0 Å². The van der Waals surface area contributed by atoms with Gasteiger partial charge < -0.3 is 0 Å². The summed E-state index contributed by atoms with van der Waals surface area (Å²) in [6.07, 6.45) is 0. The van der Waals surface area contributed by atoms with Crippen LogP contribution in [0.15, 0.2) is 30.3 Å². The molecule has 0 fully saturated rings. The summed E-state index contributed by atoms with van der Waals surface area (Å²) in [4.78, 5) is 0. The summed E-state index contributed by atoms with van der Waals surface area (Å²) in [5.74, 6) is 2.30. The maximum absolute atomic E-state index is 2.37. The molecule has 0 radical (unpaired) electrons. The standard InChI is InChI=1S/C9H8Se2/c1-10-9-6-7-4-2-3-5-8(7)11-9/h2-6H,1H3. The van der Waals surface area contributed by atoms with Crippen molar-refractivity contribution in [3.63, 3.8) is 0 Å². The summed E-state index contributed by atoms with van der Waals surface area (Å²) in [5.41, 5.74) is 0. The summed E-state index contributed by atoms with van der Waals surface area (Å²) in [5, 5.41) is 1.46. The Kier molecular flexibility index (Phi) is 2.20. The Hall–Kier alpha value is -0.00104. The van der Waals surface area contributed by atoms with Gasteiger partial charge in [0.15, 0.2) is 0 Å². The molecule has 0 N–H and O–H groups in total. The fraction of sp³-hybridized carbons (Fsp3) is 0.111. The first-order chi connectivity index (χ1) is 5.40. The van der Waals surface area contributed by atoms with Gasteiger partial charge in [-0.25, -0.2) is 0 Å². The van der Waals surface area contributed by atoms with Crippen molar-refractivity contribution in [3.05, 3.63) is 30.3 Å². The summed E-state index contributed by atoms with van der Waals surface area (Å²) >= 11 is 1.38. The van der Waals surface area contributed by atoms with Crippen LogP contribution in [0.4, 0.5) is 0 Å². The molecule has 2 aromatic rings. The van der Waals surface area contributed by atoms with Crippen molar-refractivity contribution in [3.8, 4) is 0 Å². The van der Waals surface area contributed by atoms with Crippen LogP contribution < -0.4 is 3.34 Å². The molecule has 0 unspecified atom stereocenters. The van der Waals surface area contributed by atoms with E-state index < -0.39 is 0 Å². The van der Waals surface area contributed by atoms with Gasteiger partial charge in [0.2, 0.25) is 0 Å². The van der Waals surface area contributed by atoms with Gasteiger partial charge in [-0.2, -0.15) is 0 Å². The Morgan fingerprint density at radius 2 is 2.09 bits per heavy atom. The third-order valence-corrected chi connectivity index (χ3v) is 7.33. The third-order valence-electron chi connectivity index (χ3n) is 1.60. The molecular formula is C9H8Se2. The van der Waals surface area contributed by atoms with E-state index in [1.807, 2.05) is 0 Å².